The van der Waals surface area contributed by atoms with Crippen molar-refractivity contribution in [2.75, 3.05) is 12.3 Å². The van der Waals surface area contributed by atoms with Crippen LogP contribution < -0.4 is 5.73 Å². The molecule has 0 aliphatic carbocycles. The maximum absolute atomic E-state index is 6.20. The van der Waals surface area contributed by atoms with Crippen LogP contribution in [0.25, 0.3) is 11.1 Å². The summed E-state index contributed by atoms with van der Waals surface area (Å²) in [7, 11) is 2.00. The molecule has 3 aromatic heterocycles. The average molecular weight is 354 g/mol. The van der Waals surface area contributed by atoms with Gasteiger partial charge in [-0.15, -0.1) is 0 Å². The van der Waals surface area contributed by atoms with E-state index in [1.165, 1.54) is 11.3 Å². The second-order valence-corrected chi connectivity index (χ2v) is 7.33. The van der Waals surface area contributed by atoms with E-state index in [0.29, 0.717) is 24.1 Å². The molecular formula is C19H26N6O. The number of nitrogen functional groups attached to an aromatic ring is 1. The van der Waals surface area contributed by atoms with Gasteiger partial charge in [0.15, 0.2) is 0 Å². The van der Waals surface area contributed by atoms with Crippen molar-refractivity contribution in [2.45, 2.75) is 53.1 Å². The van der Waals surface area contributed by atoms with Gasteiger partial charge in [-0.2, -0.15) is 10.1 Å². The molecule has 0 radical (unpaired) electrons. The molecule has 26 heavy (non-hydrogen) atoms. The minimum Gasteiger partial charge on any atom is -0.443 e. The highest BCUT2D eigenvalue weighted by Crippen LogP contribution is 2.36. The number of anilines is 1. The summed E-state index contributed by atoms with van der Waals surface area (Å²) in [5, 5.41) is 5.42. The van der Waals surface area contributed by atoms with Gasteiger partial charge < -0.3 is 10.2 Å². The summed E-state index contributed by atoms with van der Waals surface area (Å²) in [6.45, 7) is 9.84. The number of hydrogen-bond donors (Lipinski definition) is 1. The first-order valence-electron chi connectivity index (χ1n) is 9.13. The summed E-state index contributed by atoms with van der Waals surface area (Å²) in [4.78, 5) is 11.6. The van der Waals surface area contributed by atoms with E-state index < -0.39 is 0 Å². The minimum atomic E-state index is 0.351. The van der Waals surface area contributed by atoms with Crippen LogP contribution in [0.1, 0.15) is 53.0 Å². The van der Waals surface area contributed by atoms with Gasteiger partial charge in [0, 0.05) is 29.9 Å². The van der Waals surface area contributed by atoms with Crippen LogP contribution in [0.5, 0.6) is 0 Å². The van der Waals surface area contributed by atoms with Crippen LogP contribution in [0, 0.1) is 27.7 Å². The molecule has 0 amide bonds. The Kier molecular flexibility index (Phi) is 3.99. The predicted molar refractivity (Wildman–Crippen MR) is 101 cm³/mol. The van der Waals surface area contributed by atoms with Gasteiger partial charge in [0.2, 0.25) is 5.71 Å². The molecule has 1 unspecified atom stereocenters. The molecule has 4 heterocycles. The molecule has 7 nitrogen and oxygen atoms in total. The van der Waals surface area contributed by atoms with Gasteiger partial charge in [0.05, 0.1) is 17.6 Å². The van der Waals surface area contributed by atoms with Gasteiger partial charge in [-0.05, 0) is 47.1 Å². The predicted octanol–water partition coefficient (Wildman–Crippen LogP) is 3.11. The van der Waals surface area contributed by atoms with Crippen molar-refractivity contribution >= 4 is 16.9 Å². The fourth-order valence-corrected chi connectivity index (χ4v) is 4.19. The summed E-state index contributed by atoms with van der Waals surface area (Å²) in [6, 6.07) is 0.351. The number of fused-ring (bicyclic) bond motifs is 1. The Morgan fingerprint density at radius 1 is 1.19 bits per heavy atom. The van der Waals surface area contributed by atoms with E-state index in [2.05, 4.69) is 33.8 Å². The number of furan rings is 1. The molecule has 0 saturated carbocycles. The largest absolute Gasteiger partial charge is 0.443 e. The van der Waals surface area contributed by atoms with Crippen LogP contribution in [-0.2, 0) is 13.6 Å². The second-order valence-electron chi connectivity index (χ2n) is 7.33. The van der Waals surface area contributed by atoms with Gasteiger partial charge in [0.1, 0.15) is 17.4 Å². The van der Waals surface area contributed by atoms with Crippen molar-refractivity contribution in [2.24, 2.45) is 7.05 Å². The highest BCUT2D eigenvalue weighted by atomic mass is 16.3. The number of aromatic nitrogens is 4. The van der Waals surface area contributed by atoms with Crippen LogP contribution in [0.3, 0.4) is 0 Å². The van der Waals surface area contributed by atoms with E-state index in [4.69, 9.17) is 10.2 Å². The SMILES string of the molecule is Cc1nn(C)c(C)c1C1CCCN1Cc1nc(N)c2c(C)c(C)oc2n1. The Morgan fingerprint density at radius 3 is 2.65 bits per heavy atom. The molecule has 1 fully saturated rings. The molecule has 1 aliphatic rings. The van der Waals surface area contributed by atoms with Crippen LogP contribution >= 0.6 is 0 Å². The van der Waals surface area contributed by atoms with Crippen molar-refractivity contribution in [1.82, 2.24) is 24.6 Å². The Labute approximate surface area is 153 Å². The second kappa shape index (κ2) is 6.09. The van der Waals surface area contributed by atoms with Gasteiger partial charge >= 0.3 is 0 Å². The monoisotopic (exact) mass is 354 g/mol. The Hall–Kier alpha value is -2.41. The molecule has 0 aromatic carbocycles. The van der Waals surface area contributed by atoms with Crippen LogP contribution in [0.2, 0.25) is 0 Å². The first-order chi connectivity index (χ1) is 12.4. The summed E-state index contributed by atoms with van der Waals surface area (Å²) in [5.74, 6) is 2.07. The lowest BCUT2D eigenvalue weighted by Gasteiger charge is -2.24. The maximum atomic E-state index is 6.20. The van der Waals surface area contributed by atoms with E-state index in [0.717, 1.165) is 47.6 Å². The number of nitrogens with two attached hydrogens (primary N) is 1. The van der Waals surface area contributed by atoms with E-state index >= 15 is 0 Å². The van der Waals surface area contributed by atoms with Gasteiger partial charge in [-0.3, -0.25) is 9.58 Å². The van der Waals surface area contributed by atoms with E-state index in [9.17, 15) is 0 Å². The maximum Gasteiger partial charge on any atom is 0.231 e. The van der Waals surface area contributed by atoms with Crippen molar-refractivity contribution in [3.8, 4) is 0 Å². The Balaban J connectivity index is 1.67. The molecule has 2 N–H and O–H groups in total. The van der Waals surface area contributed by atoms with Crippen LogP contribution in [0.4, 0.5) is 5.82 Å². The first-order valence-corrected chi connectivity index (χ1v) is 9.13. The summed E-state index contributed by atoms with van der Waals surface area (Å²) in [6.07, 6.45) is 2.29. The normalized spacial score (nSPS) is 18.3. The number of rotatable bonds is 3. The van der Waals surface area contributed by atoms with Crippen molar-refractivity contribution in [1.29, 1.82) is 0 Å². The standard InChI is InChI=1S/C19H26N6O/c1-10-13(4)26-19-16(10)18(20)21-15(22-19)9-25-8-6-7-14(25)17-11(2)23-24(5)12(17)3/h14H,6-9H2,1-5H3,(H2,20,21,22). The zero-order valence-corrected chi connectivity index (χ0v) is 16.1. The quantitative estimate of drug-likeness (QED) is 0.778. The molecule has 1 atom stereocenters. The third-order valence-corrected chi connectivity index (χ3v) is 5.71. The van der Waals surface area contributed by atoms with E-state index in [-0.39, 0.29) is 0 Å². The molecule has 7 heteroatoms. The fourth-order valence-electron chi connectivity index (χ4n) is 4.19. The van der Waals surface area contributed by atoms with Gasteiger partial charge in [-0.25, -0.2) is 4.98 Å². The van der Waals surface area contributed by atoms with Gasteiger partial charge in [0.25, 0.3) is 0 Å². The third kappa shape index (κ3) is 2.58. The van der Waals surface area contributed by atoms with Gasteiger partial charge in [-0.1, -0.05) is 0 Å². The molecule has 0 bridgehead atoms. The summed E-state index contributed by atoms with van der Waals surface area (Å²) < 4.78 is 7.74. The smallest absolute Gasteiger partial charge is 0.231 e. The highest BCUT2D eigenvalue weighted by Gasteiger charge is 2.31. The number of aryl methyl sites for hydroxylation is 4. The zero-order chi connectivity index (χ0) is 18.6. The van der Waals surface area contributed by atoms with Crippen LogP contribution in [-0.4, -0.2) is 31.2 Å². The lowest BCUT2D eigenvalue weighted by molar-refractivity contribution is 0.241. The number of nitrogens with zero attached hydrogens (tertiary/aromatic N) is 5. The number of likely N-dealkylation sites (tertiary alicyclic amines) is 1. The fraction of sp³-hybridized carbons (Fsp3) is 0.526. The third-order valence-electron chi connectivity index (χ3n) is 5.71. The summed E-state index contributed by atoms with van der Waals surface area (Å²) >= 11 is 0. The molecule has 138 valence electrons. The minimum absolute atomic E-state index is 0.351. The van der Waals surface area contributed by atoms with Crippen LogP contribution in [0.15, 0.2) is 4.42 Å². The lowest BCUT2D eigenvalue weighted by atomic mass is 10.0. The average Bonchev–Trinajstić information content (AvgIpc) is 3.19. The number of hydrogen-bond acceptors (Lipinski definition) is 6. The van der Waals surface area contributed by atoms with E-state index in [1.54, 1.807) is 0 Å². The molecule has 4 rings (SSSR count). The molecule has 3 aromatic rings. The summed E-state index contributed by atoms with van der Waals surface area (Å²) in [5.41, 5.74) is 11.5. The Bertz CT molecular complexity index is 986. The van der Waals surface area contributed by atoms with Crippen molar-refractivity contribution < 1.29 is 4.42 Å². The zero-order valence-electron chi connectivity index (χ0n) is 16.1. The molecule has 0 spiro atoms. The molecule has 1 aliphatic heterocycles. The van der Waals surface area contributed by atoms with Crippen molar-refractivity contribution in [3.05, 3.63) is 34.1 Å². The molecular weight excluding hydrogens is 328 g/mol. The van der Waals surface area contributed by atoms with E-state index in [1.807, 2.05) is 25.6 Å². The van der Waals surface area contributed by atoms with Crippen molar-refractivity contribution in [3.63, 3.8) is 0 Å². The molecule has 1 saturated heterocycles. The topological polar surface area (TPSA) is 86.0 Å². The highest BCUT2D eigenvalue weighted by molar-refractivity contribution is 5.88. The Morgan fingerprint density at radius 2 is 1.96 bits per heavy atom. The first kappa shape index (κ1) is 17.0. The lowest BCUT2D eigenvalue weighted by Crippen LogP contribution is -2.25.